The van der Waals surface area contributed by atoms with Gasteiger partial charge in [0.1, 0.15) is 5.75 Å². The van der Waals surface area contributed by atoms with Crippen LogP contribution in [0, 0.1) is 11.6 Å². The molecule has 0 N–H and O–H groups in total. The molecule has 0 heterocycles. The average Bonchev–Trinajstić information content (AvgIpc) is 2.12. The summed E-state index contributed by atoms with van der Waals surface area (Å²) in [7, 11) is 0. The van der Waals surface area contributed by atoms with Crippen LogP contribution in [-0.4, -0.2) is 12.8 Å². The molecule has 0 saturated heterocycles. The van der Waals surface area contributed by atoms with E-state index < -0.39 is 17.8 Å². The highest BCUT2D eigenvalue weighted by Gasteiger charge is 2.07. The Morgan fingerprint density at radius 1 is 1.36 bits per heavy atom. The Hall–Kier alpha value is -1.65. The molecule has 1 aromatic rings. The molecule has 3 nitrogen and oxygen atoms in total. The van der Waals surface area contributed by atoms with E-state index in [1.807, 2.05) is 0 Å². The largest absolute Gasteiger partial charge is 0.513 e. The van der Waals surface area contributed by atoms with Crippen LogP contribution < -0.4 is 4.74 Å². The van der Waals surface area contributed by atoms with Crippen LogP contribution in [0.25, 0.3) is 0 Å². The average molecular weight is 202 g/mol. The number of hydrogen-bond acceptors (Lipinski definition) is 3. The van der Waals surface area contributed by atoms with E-state index in [-0.39, 0.29) is 12.4 Å². The van der Waals surface area contributed by atoms with E-state index in [0.717, 1.165) is 18.2 Å². The van der Waals surface area contributed by atoms with E-state index in [9.17, 15) is 13.6 Å². The first-order valence-corrected chi connectivity index (χ1v) is 3.93. The normalized spacial score (nSPS) is 9.64. The van der Waals surface area contributed by atoms with Crippen molar-refractivity contribution in [3.63, 3.8) is 0 Å². The molecule has 0 aliphatic heterocycles. The van der Waals surface area contributed by atoms with Gasteiger partial charge < -0.3 is 9.47 Å². The maximum atomic E-state index is 12.6. The van der Waals surface area contributed by atoms with Crippen LogP contribution in [-0.2, 0) is 4.74 Å². The molecule has 0 aliphatic rings. The Morgan fingerprint density at radius 2 is 2.07 bits per heavy atom. The minimum Gasteiger partial charge on any atom is -0.434 e. The van der Waals surface area contributed by atoms with Crippen molar-refractivity contribution in [2.24, 2.45) is 0 Å². The Balaban J connectivity index is 2.68. The van der Waals surface area contributed by atoms with Crippen LogP contribution in [0.1, 0.15) is 6.92 Å². The number of rotatable bonds is 2. The van der Waals surface area contributed by atoms with Crippen molar-refractivity contribution in [1.82, 2.24) is 0 Å². The van der Waals surface area contributed by atoms with Crippen LogP contribution in [0.2, 0.25) is 0 Å². The molecule has 14 heavy (non-hydrogen) atoms. The van der Waals surface area contributed by atoms with Crippen LogP contribution in [0.4, 0.5) is 13.6 Å². The topological polar surface area (TPSA) is 35.5 Å². The summed E-state index contributed by atoms with van der Waals surface area (Å²) in [6, 6.07) is 2.77. The Bertz CT molecular complexity index is 339. The van der Waals surface area contributed by atoms with Crippen molar-refractivity contribution in [2.45, 2.75) is 6.92 Å². The molecule has 0 aromatic heterocycles. The Morgan fingerprint density at radius 3 is 2.64 bits per heavy atom. The van der Waals surface area contributed by atoms with Gasteiger partial charge in [0.25, 0.3) is 0 Å². The molecule has 1 rings (SSSR count). The van der Waals surface area contributed by atoms with Crippen molar-refractivity contribution in [2.75, 3.05) is 6.61 Å². The van der Waals surface area contributed by atoms with Crippen molar-refractivity contribution in [1.29, 1.82) is 0 Å². The predicted octanol–water partition coefficient (Wildman–Crippen LogP) is 2.50. The lowest BCUT2D eigenvalue weighted by molar-refractivity contribution is 0.104. The minimum atomic E-state index is -1.08. The molecule has 0 aliphatic carbocycles. The summed E-state index contributed by atoms with van der Waals surface area (Å²) in [6.07, 6.45) is -0.946. The van der Waals surface area contributed by atoms with Gasteiger partial charge in [-0.2, -0.15) is 0 Å². The fourth-order valence-corrected chi connectivity index (χ4v) is 0.784. The van der Waals surface area contributed by atoms with Gasteiger partial charge in [-0.3, -0.25) is 0 Å². The van der Waals surface area contributed by atoms with Gasteiger partial charge in [0.2, 0.25) is 0 Å². The summed E-state index contributed by atoms with van der Waals surface area (Å²) in [5, 5.41) is 0. The van der Waals surface area contributed by atoms with E-state index in [4.69, 9.17) is 0 Å². The van der Waals surface area contributed by atoms with Crippen LogP contribution in [0.3, 0.4) is 0 Å². The molecular formula is C9H8F2O3. The lowest BCUT2D eigenvalue weighted by atomic mass is 10.3. The number of benzene rings is 1. The maximum Gasteiger partial charge on any atom is 0.513 e. The highest BCUT2D eigenvalue weighted by molar-refractivity contribution is 5.63. The highest BCUT2D eigenvalue weighted by atomic mass is 19.2. The summed E-state index contributed by atoms with van der Waals surface area (Å²) in [4.78, 5) is 10.7. The summed E-state index contributed by atoms with van der Waals surface area (Å²) >= 11 is 0. The van der Waals surface area contributed by atoms with Gasteiger partial charge in [0.15, 0.2) is 11.6 Å². The first-order chi connectivity index (χ1) is 6.63. The summed E-state index contributed by atoms with van der Waals surface area (Å²) in [5.41, 5.74) is 0. The fourth-order valence-electron chi connectivity index (χ4n) is 0.784. The van der Waals surface area contributed by atoms with Crippen molar-refractivity contribution >= 4 is 6.16 Å². The molecule has 76 valence electrons. The SMILES string of the molecule is CCOC(=O)Oc1ccc(F)c(F)c1. The number of ether oxygens (including phenoxy) is 2. The van der Waals surface area contributed by atoms with Crippen LogP contribution in [0.15, 0.2) is 18.2 Å². The molecule has 0 saturated carbocycles. The zero-order valence-corrected chi connectivity index (χ0v) is 7.42. The van der Waals surface area contributed by atoms with E-state index in [0.29, 0.717) is 0 Å². The van der Waals surface area contributed by atoms with Crippen molar-refractivity contribution in [3.8, 4) is 5.75 Å². The van der Waals surface area contributed by atoms with Crippen LogP contribution in [0.5, 0.6) is 5.75 Å². The first-order valence-electron chi connectivity index (χ1n) is 3.93. The second-order valence-corrected chi connectivity index (χ2v) is 2.36. The zero-order chi connectivity index (χ0) is 10.6. The van der Waals surface area contributed by atoms with Crippen LogP contribution >= 0.6 is 0 Å². The Labute approximate surface area is 79.2 Å². The van der Waals surface area contributed by atoms with Gasteiger partial charge in [-0.15, -0.1) is 0 Å². The van der Waals surface area contributed by atoms with Gasteiger partial charge in [-0.05, 0) is 19.1 Å². The standard InChI is InChI=1S/C9H8F2O3/c1-2-13-9(12)14-6-3-4-7(10)8(11)5-6/h3-5H,2H2,1H3. The lowest BCUT2D eigenvalue weighted by Crippen LogP contribution is -2.10. The molecule has 1 aromatic carbocycles. The third kappa shape index (κ3) is 2.69. The first kappa shape index (κ1) is 10.4. The van der Waals surface area contributed by atoms with E-state index in [1.54, 1.807) is 6.92 Å². The molecule has 0 unspecified atom stereocenters. The fraction of sp³-hybridized carbons (Fsp3) is 0.222. The van der Waals surface area contributed by atoms with E-state index in [1.165, 1.54) is 0 Å². The van der Waals surface area contributed by atoms with E-state index >= 15 is 0 Å². The second-order valence-electron chi connectivity index (χ2n) is 2.36. The monoisotopic (exact) mass is 202 g/mol. The number of halogens is 2. The quantitative estimate of drug-likeness (QED) is 0.546. The summed E-state index contributed by atoms with van der Waals surface area (Å²) in [5.74, 6) is -2.17. The minimum absolute atomic E-state index is 0.0950. The molecule has 0 radical (unpaired) electrons. The molecule has 0 fully saturated rings. The smallest absolute Gasteiger partial charge is 0.434 e. The lowest BCUT2D eigenvalue weighted by Gasteiger charge is -2.03. The molecule has 0 spiro atoms. The van der Waals surface area contributed by atoms with Gasteiger partial charge in [-0.1, -0.05) is 0 Å². The second kappa shape index (κ2) is 4.55. The number of hydrogen-bond donors (Lipinski definition) is 0. The molecule has 5 heteroatoms. The Kier molecular flexibility index (Phi) is 3.39. The number of carbonyl (C=O) groups excluding carboxylic acids is 1. The van der Waals surface area contributed by atoms with Gasteiger partial charge in [0.05, 0.1) is 6.61 Å². The van der Waals surface area contributed by atoms with Gasteiger partial charge in [-0.25, -0.2) is 13.6 Å². The summed E-state index contributed by atoms with van der Waals surface area (Å²) < 4.78 is 34.0. The zero-order valence-electron chi connectivity index (χ0n) is 7.42. The molecule has 0 bridgehead atoms. The summed E-state index contributed by atoms with van der Waals surface area (Å²) in [6.45, 7) is 1.76. The molecule has 0 atom stereocenters. The van der Waals surface area contributed by atoms with Crippen molar-refractivity contribution < 1.29 is 23.0 Å². The van der Waals surface area contributed by atoms with Gasteiger partial charge >= 0.3 is 6.16 Å². The predicted molar refractivity (Wildman–Crippen MR) is 44.0 cm³/mol. The van der Waals surface area contributed by atoms with E-state index in [2.05, 4.69) is 9.47 Å². The maximum absolute atomic E-state index is 12.6. The number of carbonyl (C=O) groups is 1. The van der Waals surface area contributed by atoms with Gasteiger partial charge in [0, 0.05) is 6.07 Å². The third-order valence-electron chi connectivity index (χ3n) is 1.35. The third-order valence-corrected chi connectivity index (χ3v) is 1.35. The molecule has 0 amide bonds. The highest BCUT2D eigenvalue weighted by Crippen LogP contribution is 2.15. The van der Waals surface area contributed by atoms with Crippen molar-refractivity contribution in [3.05, 3.63) is 29.8 Å². The molecular weight excluding hydrogens is 194 g/mol.